The zero-order chi connectivity index (χ0) is 104. The minimum atomic E-state index is -4.11. The molecule has 0 N–H and O–H groups in total. The van der Waals surface area contributed by atoms with Crippen molar-refractivity contribution in [2.45, 2.75) is 171 Å². The number of hydrogen-bond donors (Lipinski definition) is 0. The van der Waals surface area contributed by atoms with Gasteiger partial charge in [-0.1, -0.05) is 296 Å². The summed E-state index contributed by atoms with van der Waals surface area (Å²) in [6.45, 7) is 32.6. The van der Waals surface area contributed by atoms with Gasteiger partial charge in [-0.25, -0.2) is 9.59 Å². The molecule has 0 bridgehead atoms. The number of benzene rings is 14. The molecular formula is C124H129N5O13P2S. The van der Waals surface area contributed by atoms with Gasteiger partial charge >= 0.3 is 11.9 Å². The van der Waals surface area contributed by atoms with Gasteiger partial charge in [0, 0.05) is 119 Å². The lowest BCUT2D eigenvalue weighted by Crippen LogP contribution is -2.52. The van der Waals surface area contributed by atoms with Crippen molar-refractivity contribution in [1.82, 2.24) is 9.47 Å². The highest BCUT2D eigenvalue weighted by molar-refractivity contribution is 8.01. The first-order valence-electron chi connectivity index (χ1n) is 49.2. The Labute approximate surface area is 857 Å². The van der Waals surface area contributed by atoms with E-state index in [1.54, 1.807) is 110 Å². The fourth-order valence-corrected chi connectivity index (χ4v) is 24.7. The standard InChI is InChI=1S/C27H27NO3S.C26H24N2O3.C26H27O3P.C23H30N2O2.C22H21O2P/c1-2-3-4-11-16-25(28-31-27(30)22-12-7-5-8-13-22)26(29)21-17-19-24(20-18-21)32-23-14-9-6-10-15-23;1-5-28-24-12-10-19(17(3)27-31-18(4)29)14-22(24)23-15-20(11-13-25(23)28)26(30)21-9-7-6-8-16(21)2;1-16-12-18(3)23(19(4)13-16)25(27)30(29,22-10-8-7-9-11-22)26(28)24-20(5)14-17(2)15-21(24)6;1-4-23(24(2)3,18-19-8-6-5-7-9-19)22(26)20-10-12-21(13-11-20)25-14-16-27-17-15-25;1-16-14-17(2)21(18(3)15-16)22(23)25(24,19-10-6-4-7-11-19)20-12-8-5-9-13-20/h5-10,12-15,17-20H,2-4,11,16H2,1H3;6-15H,5H2,1-4H3;7-15H,1-6H3;5-13H,4,14-18H2,1-3H3;4-15H,1-3H3/b28-25-;27-17+;;;. The summed E-state index contributed by atoms with van der Waals surface area (Å²) in [5.74, 6) is -1.03. The number of oxime groups is 2. The molecule has 1 aliphatic heterocycles. The van der Waals surface area contributed by atoms with Crippen molar-refractivity contribution >= 4 is 127 Å². The minimum Gasteiger partial charge on any atom is -0.378 e. The lowest BCUT2D eigenvalue weighted by Gasteiger charge is -2.38. The van der Waals surface area contributed by atoms with Crippen LogP contribution in [-0.2, 0) is 41.3 Å². The molecule has 1 saturated heterocycles. The summed E-state index contributed by atoms with van der Waals surface area (Å²) in [6, 6.07) is 102. The van der Waals surface area contributed by atoms with Crippen LogP contribution in [0.5, 0.6) is 0 Å². The molecule has 1 aliphatic rings. The monoisotopic (exact) mass is 1990 g/mol. The number of hydrogen-bond acceptors (Lipinski definition) is 18. The maximum Gasteiger partial charge on any atom is 0.365 e. The Morgan fingerprint density at radius 3 is 1.32 bits per heavy atom. The predicted molar refractivity (Wildman–Crippen MR) is 592 cm³/mol. The number of morpholine rings is 1. The number of fused-ring (bicyclic) bond motifs is 3. The summed E-state index contributed by atoms with van der Waals surface area (Å²) >= 11 is 1.64. The minimum absolute atomic E-state index is 0.0150. The third-order valence-electron chi connectivity index (χ3n) is 26.0. The first kappa shape index (κ1) is 110. The molecule has 18 nitrogen and oxygen atoms in total. The van der Waals surface area contributed by atoms with Crippen molar-refractivity contribution < 1.29 is 61.9 Å². The number of carbonyl (C=O) groups is 8. The number of likely N-dealkylation sites (N-methyl/N-ethyl adjacent to an activating group) is 1. The van der Waals surface area contributed by atoms with E-state index >= 15 is 0 Å². The Morgan fingerprint density at radius 2 is 0.848 bits per heavy atom. The average Bonchev–Trinajstić information content (AvgIpc) is 1.60. The number of unbranched alkanes of at least 4 members (excludes halogenated alkanes) is 3. The molecule has 15 aromatic rings. The third kappa shape index (κ3) is 26.8. The van der Waals surface area contributed by atoms with Crippen molar-refractivity contribution in [1.29, 1.82) is 0 Å². The van der Waals surface area contributed by atoms with E-state index in [2.05, 4.69) is 69.7 Å². The number of anilines is 1. The molecule has 14 aromatic carbocycles. The van der Waals surface area contributed by atoms with E-state index in [0.29, 0.717) is 68.1 Å². The van der Waals surface area contributed by atoms with Crippen LogP contribution in [0.4, 0.5) is 5.69 Å². The fraction of sp³-hybridized carbons (Fsp3) is 0.242. The zero-order valence-corrected chi connectivity index (χ0v) is 88.6. The highest BCUT2D eigenvalue weighted by atomic mass is 32.2. The van der Waals surface area contributed by atoms with Crippen LogP contribution in [0.2, 0.25) is 0 Å². The van der Waals surface area contributed by atoms with Crippen molar-refractivity contribution in [3.63, 3.8) is 0 Å². The van der Waals surface area contributed by atoms with Crippen LogP contribution < -0.4 is 20.8 Å². The fourth-order valence-electron chi connectivity index (χ4n) is 18.6. The smallest absolute Gasteiger partial charge is 0.365 e. The summed E-state index contributed by atoms with van der Waals surface area (Å²) < 4.78 is 36.3. The summed E-state index contributed by atoms with van der Waals surface area (Å²) in [7, 11) is -3.55. The molecule has 0 spiro atoms. The Balaban J connectivity index is 0.000000162. The lowest BCUT2D eigenvalue weighted by atomic mass is 9.80. The second kappa shape index (κ2) is 51.3. The van der Waals surface area contributed by atoms with E-state index in [0.717, 1.165) is 169 Å². The Bertz CT molecular complexity index is 7120. The van der Waals surface area contributed by atoms with Gasteiger partial charge in [-0.05, 0) is 276 Å². The zero-order valence-electron chi connectivity index (χ0n) is 86.0. The molecule has 1 aromatic heterocycles. The molecule has 0 radical (unpaired) electrons. The Morgan fingerprint density at radius 1 is 0.421 bits per heavy atom. The third-order valence-corrected chi connectivity index (χ3v) is 32.5. The molecule has 0 saturated carbocycles. The maximum absolute atomic E-state index is 14.5. The van der Waals surface area contributed by atoms with Crippen LogP contribution >= 0.6 is 26.0 Å². The SMILES string of the molecule is CCC(Cc1ccccc1)(C(=O)c1ccc(N2CCOCC2)cc1)N(C)C.CCCCCC/C(=N/OC(=O)c1ccccc1)C(=O)c1ccc(Sc2ccccc2)cc1.CCn1c2ccc(C(=O)c3ccccc3C)cc2c2cc(/C(C)=N/OC(C)=O)ccc21.Cc1cc(C)c(C(=O)P(=O)(C(=O)c2c(C)cc(C)cc2C)c2ccccc2)c(C)c1.Cc1cc(C)c(C(=O)P(=O)(c2ccccc2)c2ccccc2)c(C)c1. The highest BCUT2D eigenvalue weighted by Crippen LogP contribution is 2.53. The Hall–Kier alpha value is -14.3. The van der Waals surface area contributed by atoms with Crippen LogP contribution in [0.15, 0.2) is 348 Å². The maximum atomic E-state index is 14.5. The van der Waals surface area contributed by atoms with Gasteiger partial charge in [-0.15, -0.1) is 0 Å². The first-order chi connectivity index (χ1) is 69.6. The first-order valence-corrected chi connectivity index (χ1v) is 53.4. The van der Waals surface area contributed by atoms with Gasteiger partial charge in [0.25, 0.3) is 0 Å². The van der Waals surface area contributed by atoms with Gasteiger partial charge in [-0.3, -0.25) is 33.7 Å². The lowest BCUT2D eigenvalue weighted by molar-refractivity contribution is -0.140. The number of ether oxygens (including phenoxy) is 1. The van der Waals surface area contributed by atoms with Gasteiger partial charge in [0.15, 0.2) is 11.6 Å². The van der Waals surface area contributed by atoms with Crippen LogP contribution in [0.1, 0.15) is 218 Å². The van der Waals surface area contributed by atoms with Crippen molar-refractivity contribution in [2.24, 2.45) is 10.3 Å². The quantitative estimate of drug-likeness (QED) is 0.00952. The normalized spacial score (nSPS) is 12.5. The highest BCUT2D eigenvalue weighted by Gasteiger charge is 2.46. The van der Waals surface area contributed by atoms with E-state index in [9.17, 15) is 47.5 Å². The summed E-state index contributed by atoms with van der Waals surface area (Å²) in [6.07, 6.45) is 5.97. The molecule has 0 aliphatic carbocycles. The van der Waals surface area contributed by atoms with Gasteiger partial charge in [0.2, 0.25) is 36.6 Å². The van der Waals surface area contributed by atoms with Crippen LogP contribution in [0, 0.1) is 69.2 Å². The molecule has 0 amide bonds. The molecule has 1 fully saturated rings. The number of rotatable bonds is 32. The molecule has 16 rings (SSSR count). The van der Waals surface area contributed by atoms with Gasteiger partial charge in [0.1, 0.15) is 5.71 Å². The van der Waals surface area contributed by atoms with Crippen LogP contribution in [0.25, 0.3) is 21.8 Å². The van der Waals surface area contributed by atoms with Gasteiger partial charge in [-0.2, -0.15) is 0 Å². The number of carbonyl (C=O) groups excluding carboxylic acids is 8. The second-order valence-corrected chi connectivity index (χ2v) is 43.2. The van der Waals surface area contributed by atoms with E-state index < -0.39 is 42.8 Å². The number of ketones is 3. The molecule has 2 heterocycles. The summed E-state index contributed by atoms with van der Waals surface area (Å²) in [5.41, 5.74) is 17.4. The number of aromatic nitrogens is 1. The van der Waals surface area contributed by atoms with Gasteiger partial charge < -0.3 is 33.0 Å². The van der Waals surface area contributed by atoms with E-state index in [1.165, 1.54) is 12.5 Å². The summed E-state index contributed by atoms with van der Waals surface area (Å²) in [5, 5.41) is 11.4. The van der Waals surface area contributed by atoms with Crippen LogP contribution in [0.3, 0.4) is 0 Å². The van der Waals surface area contributed by atoms with Crippen molar-refractivity contribution in [3.05, 3.63) is 439 Å². The van der Waals surface area contributed by atoms with E-state index in [-0.39, 0.29) is 33.9 Å². The second-order valence-electron chi connectivity index (χ2n) is 36.9. The van der Waals surface area contributed by atoms with Crippen LogP contribution in [-0.4, -0.2) is 113 Å². The molecular weight excluding hydrogens is 1860 g/mol. The number of Topliss-reactive ketones (excluding diaryl/α,β-unsaturated/α-hetero) is 2. The predicted octanol–water partition coefficient (Wildman–Crippen LogP) is 27.5. The van der Waals surface area contributed by atoms with Crippen molar-refractivity contribution in [2.75, 3.05) is 45.3 Å². The van der Waals surface area contributed by atoms with E-state index in [4.69, 9.17) is 14.4 Å². The topological polar surface area (TPSA) is 235 Å². The molecule has 1 atom stereocenters. The van der Waals surface area contributed by atoms with Crippen molar-refractivity contribution in [3.8, 4) is 0 Å². The summed E-state index contributed by atoms with van der Waals surface area (Å²) in [4.78, 5) is 121. The largest absolute Gasteiger partial charge is 0.378 e. The number of aryl methyl sites for hydroxylation is 11. The Kier molecular flexibility index (Phi) is 38.7. The molecule has 744 valence electrons. The average molecular weight is 1990 g/mol. The molecule has 145 heavy (non-hydrogen) atoms. The van der Waals surface area contributed by atoms with E-state index in [1.807, 2.05) is 296 Å². The van der Waals surface area contributed by atoms with Gasteiger partial charge in [0.05, 0.1) is 30.0 Å². The molecule has 1 unspecified atom stereocenters. The molecule has 21 heteroatoms. The number of nitrogens with zero attached hydrogens (tertiary/aromatic N) is 5.